The van der Waals surface area contributed by atoms with Gasteiger partial charge >= 0.3 is 0 Å². The van der Waals surface area contributed by atoms with Gasteiger partial charge in [-0.1, -0.05) is 18.2 Å². The number of nitrogens with zero attached hydrogens (tertiary/aromatic N) is 3. The monoisotopic (exact) mass is 286 g/mol. The third-order valence-corrected chi connectivity index (χ3v) is 4.49. The van der Waals surface area contributed by atoms with Crippen LogP contribution in [0.5, 0.6) is 0 Å². The highest BCUT2D eigenvalue weighted by molar-refractivity contribution is 7.71. The maximum absolute atomic E-state index is 5.41. The van der Waals surface area contributed by atoms with E-state index in [-0.39, 0.29) is 0 Å². The first kappa shape index (κ1) is 12.1. The molecular formula is C15H18N4S. The van der Waals surface area contributed by atoms with E-state index in [1.54, 1.807) is 0 Å². The number of fused-ring (bicyclic) bond motifs is 1. The summed E-state index contributed by atoms with van der Waals surface area (Å²) in [7, 11) is 0. The Hall–Kier alpha value is -1.62. The lowest BCUT2D eigenvalue weighted by Gasteiger charge is -2.24. The molecule has 1 N–H and O–H groups in total. The molecule has 2 heterocycles. The summed E-state index contributed by atoms with van der Waals surface area (Å²) >= 11 is 5.41. The van der Waals surface area contributed by atoms with E-state index in [1.165, 1.54) is 36.9 Å². The van der Waals surface area contributed by atoms with Crippen molar-refractivity contribution >= 4 is 23.9 Å². The molecule has 0 spiro atoms. The average molecular weight is 286 g/mol. The van der Waals surface area contributed by atoms with Crippen molar-refractivity contribution in [3.8, 4) is 0 Å². The second-order valence-corrected chi connectivity index (χ2v) is 6.05. The molecule has 1 aliphatic heterocycles. The van der Waals surface area contributed by atoms with Crippen LogP contribution in [0.4, 0.5) is 11.6 Å². The number of rotatable bonds is 2. The van der Waals surface area contributed by atoms with E-state index in [0.717, 1.165) is 23.7 Å². The summed E-state index contributed by atoms with van der Waals surface area (Å²) in [5.41, 5.74) is 2.71. The number of H-pyrrole nitrogens is 1. The van der Waals surface area contributed by atoms with Crippen LogP contribution in [0.25, 0.3) is 0 Å². The van der Waals surface area contributed by atoms with E-state index in [9.17, 15) is 0 Å². The quantitative estimate of drug-likeness (QED) is 0.854. The Morgan fingerprint density at radius 3 is 2.90 bits per heavy atom. The van der Waals surface area contributed by atoms with Crippen LogP contribution >= 0.6 is 12.2 Å². The fraction of sp³-hybridized carbons (Fsp3) is 0.467. The number of aromatic amines is 1. The Kier molecular flexibility index (Phi) is 2.88. The van der Waals surface area contributed by atoms with E-state index in [0.29, 0.717) is 6.04 Å². The molecule has 4 nitrogen and oxygen atoms in total. The van der Waals surface area contributed by atoms with E-state index < -0.39 is 0 Å². The first-order chi connectivity index (χ1) is 9.84. The van der Waals surface area contributed by atoms with Gasteiger partial charge in [0.05, 0.1) is 0 Å². The molecular weight excluding hydrogens is 268 g/mol. The van der Waals surface area contributed by atoms with Crippen LogP contribution in [0.15, 0.2) is 24.3 Å². The van der Waals surface area contributed by atoms with E-state index in [2.05, 4.69) is 43.9 Å². The Morgan fingerprint density at radius 1 is 1.20 bits per heavy atom. The largest absolute Gasteiger partial charge is 0.310 e. The van der Waals surface area contributed by atoms with Gasteiger partial charge in [-0.15, -0.1) is 5.10 Å². The van der Waals surface area contributed by atoms with Crippen LogP contribution in [-0.2, 0) is 6.42 Å². The minimum absolute atomic E-state index is 0.548. The van der Waals surface area contributed by atoms with E-state index in [1.807, 2.05) is 0 Å². The fourth-order valence-electron chi connectivity index (χ4n) is 3.05. The van der Waals surface area contributed by atoms with Gasteiger partial charge in [-0.05, 0) is 56.0 Å². The first-order valence-corrected chi connectivity index (χ1v) is 7.78. The molecule has 5 heteroatoms. The maximum Gasteiger partial charge on any atom is 0.230 e. The van der Waals surface area contributed by atoms with Gasteiger partial charge in [0.15, 0.2) is 4.77 Å². The van der Waals surface area contributed by atoms with Crippen LogP contribution in [0.2, 0.25) is 0 Å². The molecule has 0 amide bonds. The van der Waals surface area contributed by atoms with Gasteiger partial charge in [0.2, 0.25) is 5.95 Å². The van der Waals surface area contributed by atoms with Gasteiger partial charge in [0.1, 0.15) is 0 Å². The third-order valence-electron chi connectivity index (χ3n) is 4.20. The number of hydrogen-bond donors (Lipinski definition) is 1. The van der Waals surface area contributed by atoms with Crippen molar-refractivity contribution in [2.45, 2.75) is 38.1 Å². The SMILES string of the molecule is S=c1[nH]nc(N2CCCCc3ccccc32)n1C1CC1. The number of para-hydroxylation sites is 1. The highest BCUT2D eigenvalue weighted by Crippen LogP contribution is 2.40. The predicted molar refractivity (Wildman–Crippen MR) is 82.1 cm³/mol. The Morgan fingerprint density at radius 2 is 2.05 bits per heavy atom. The molecule has 2 aliphatic rings. The molecule has 1 saturated carbocycles. The van der Waals surface area contributed by atoms with Crippen molar-refractivity contribution < 1.29 is 0 Å². The highest BCUT2D eigenvalue weighted by atomic mass is 32.1. The van der Waals surface area contributed by atoms with Crippen LogP contribution in [0.1, 0.15) is 37.3 Å². The lowest BCUT2D eigenvalue weighted by molar-refractivity contribution is 0.696. The second kappa shape index (κ2) is 4.74. The van der Waals surface area contributed by atoms with Crippen molar-refractivity contribution in [1.29, 1.82) is 0 Å². The number of hydrogen-bond acceptors (Lipinski definition) is 3. The fourth-order valence-corrected chi connectivity index (χ4v) is 3.32. The first-order valence-electron chi connectivity index (χ1n) is 7.37. The molecule has 2 aromatic rings. The van der Waals surface area contributed by atoms with Crippen LogP contribution in [0.3, 0.4) is 0 Å². The van der Waals surface area contributed by atoms with Gasteiger partial charge in [-0.3, -0.25) is 4.57 Å². The normalized spacial score (nSPS) is 18.7. The Labute approximate surface area is 123 Å². The van der Waals surface area contributed by atoms with Gasteiger partial charge in [-0.25, -0.2) is 5.10 Å². The van der Waals surface area contributed by atoms with Gasteiger partial charge in [0.25, 0.3) is 0 Å². The van der Waals surface area contributed by atoms with Crippen molar-refractivity contribution in [1.82, 2.24) is 14.8 Å². The van der Waals surface area contributed by atoms with Crippen molar-refractivity contribution in [2.75, 3.05) is 11.4 Å². The molecule has 1 fully saturated rings. The van der Waals surface area contributed by atoms with Gasteiger partial charge in [0, 0.05) is 18.3 Å². The minimum atomic E-state index is 0.548. The standard InChI is InChI=1S/C15H18N4S/c20-15-17-16-14(19(15)12-8-9-12)18-10-4-3-6-11-5-1-2-7-13(11)18/h1-2,5,7,12H,3-4,6,8-10H2,(H,17,20). The van der Waals surface area contributed by atoms with Crippen LogP contribution in [-0.4, -0.2) is 21.3 Å². The molecule has 1 aromatic heterocycles. The number of nitrogens with one attached hydrogen (secondary N) is 1. The van der Waals surface area contributed by atoms with Crippen molar-refractivity contribution in [2.24, 2.45) is 0 Å². The highest BCUT2D eigenvalue weighted by Gasteiger charge is 2.30. The summed E-state index contributed by atoms with van der Waals surface area (Å²) in [4.78, 5) is 2.34. The zero-order valence-corrected chi connectivity index (χ0v) is 12.2. The molecule has 1 aromatic carbocycles. The van der Waals surface area contributed by atoms with E-state index in [4.69, 9.17) is 12.2 Å². The number of aromatic nitrogens is 3. The maximum atomic E-state index is 5.41. The summed E-state index contributed by atoms with van der Waals surface area (Å²) in [6.45, 7) is 1.02. The Bertz CT molecular complexity index is 683. The minimum Gasteiger partial charge on any atom is -0.310 e. The zero-order chi connectivity index (χ0) is 13.5. The topological polar surface area (TPSA) is 36.9 Å². The summed E-state index contributed by atoms with van der Waals surface area (Å²) in [6.07, 6.45) is 6.02. The molecule has 0 bridgehead atoms. The molecule has 104 valence electrons. The lowest BCUT2D eigenvalue weighted by Crippen LogP contribution is -2.22. The Balaban J connectivity index is 1.84. The number of aryl methyl sites for hydroxylation is 1. The number of benzene rings is 1. The number of anilines is 2. The van der Waals surface area contributed by atoms with Gasteiger partial charge < -0.3 is 4.90 Å². The molecule has 4 rings (SSSR count). The molecule has 0 saturated heterocycles. The van der Waals surface area contributed by atoms with Crippen LogP contribution in [0, 0.1) is 4.77 Å². The van der Waals surface area contributed by atoms with Crippen molar-refractivity contribution in [3.63, 3.8) is 0 Å². The summed E-state index contributed by atoms with van der Waals surface area (Å²) in [5.74, 6) is 0.992. The molecule has 1 aliphatic carbocycles. The van der Waals surface area contributed by atoms with Crippen LogP contribution < -0.4 is 4.90 Å². The lowest BCUT2D eigenvalue weighted by atomic mass is 10.1. The molecule has 0 atom stereocenters. The zero-order valence-electron chi connectivity index (χ0n) is 11.4. The second-order valence-electron chi connectivity index (χ2n) is 5.67. The summed E-state index contributed by atoms with van der Waals surface area (Å²) in [5, 5.41) is 7.49. The molecule has 0 unspecified atom stereocenters. The average Bonchev–Trinajstić information content (AvgIpc) is 3.26. The predicted octanol–water partition coefficient (Wildman–Crippen LogP) is 3.75. The molecule has 20 heavy (non-hydrogen) atoms. The third kappa shape index (κ3) is 1.97. The van der Waals surface area contributed by atoms with Crippen molar-refractivity contribution in [3.05, 3.63) is 34.6 Å². The molecule has 0 radical (unpaired) electrons. The summed E-state index contributed by atoms with van der Waals surface area (Å²) < 4.78 is 2.96. The summed E-state index contributed by atoms with van der Waals surface area (Å²) in [6, 6.07) is 9.22. The smallest absolute Gasteiger partial charge is 0.230 e. The van der Waals surface area contributed by atoms with Gasteiger partial charge in [-0.2, -0.15) is 0 Å². The van der Waals surface area contributed by atoms with E-state index >= 15 is 0 Å².